The average Bonchev–Trinajstić information content (AvgIpc) is 3.48. The number of carbonyl (C=O) groups is 2. The molecule has 3 N–H and O–H groups in total. The van der Waals surface area contributed by atoms with Crippen LogP contribution >= 0.6 is 11.6 Å². The van der Waals surface area contributed by atoms with E-state index in [1.54, 1.807) is 30.6 Å². The van der Waals surface area contributed by atoms with E-state index in [1.807, 2.05) is 6.07 Å². The van der Waals surface area contributed by atoms with Crippen LogP contribution in [0.4, 0.5) is 0 Å². The van der Waals surface area contributed by atoms with Gasteiger partial charge in [-0.2, -0.15) is 0 Å². The normalized spacial score (nSPS) is 14.6. The molecular weight excluding hydrogens is 382 g/mol. The number of nitrogens with zero attached hydrogens (tertiary/aromatic N) is 1. The second kappa shape index (κ2) is 6.76. The standard InChI is InChI=1S/C20H16ClN3O4/c21-14-6-11-8-15(18(26)27)17(25)24-16(11)12(7-14)9-23-19(28)20(3-4-20)13-2-1-5-22-10-13/h1-2,5-8,10H,3-4,9H2,(H,23,28)(H,24,25)(H,26,27). The maximum atomic E-state index is 12.8. The Hall–Kier alpha value is -3.19. The molecule has 28 heavy (non-hydrogen) atoms. The molecule has 1 aliphatic rings. The summed E-state index contributed by atoms with van der Waals surface area (Å²) in [5, 5.41) is 12.9. The lowest BCUT2D eigenvalue weighted by Gasteiger charge is -2.16. The zero-order chi connectivity index (χ0) is 19.9. The number of carboxylic acid groups (broad SMARTS) is 1. The number of fused-ring (bicyclic) bond motifs is 1. The van der Waals surface area contributed by atoms with Gasteiger partial charge in [-0.3, -0.25) is 14.6 Å². The molecule has 0 aliphatic heterocycles. The van der Waals surface area contributed by atoms with E-state index in [2.05, 4.69) is 15.3 Å². The zero-order valence-electron chi connectivity index (χ0n) is 14.7. The van der Waals surface area contributed by atoms with E-state index in [0.29, 0.717) is 21.5 Å². The van der Waals surface area contributed by atoms with Crippen LogP contribution in [0.1, 0.15) is 34.3 Å². The van der Waals surface area contributed by atoms with Crippen molar-refractivity contribution in [1.82, 2.24) is 15.3 Å². The Bertz CT molecular complexity index is 1150. The first-order valence-electron chi connectivity index (χ1n) is 8.68. The molecule has 0 bridgehead atoms. The Balaban J connectivity index is 1.63. The number of H-pyrrole nitrogens is 1. The topological polar surface area (TPSA) is 112 Å². The van der Waals surface area contributed by atoms with Crippen molar-refractivity contribution in [2.45, 2.75) is 24.8 Å². The molecule has 2 heterocycles. The van der Waals surface area contributed by atoms with Crippen molar-refractivity contribution in [1.29, 1.82) is 0 Å². The second-order valence-corrected chi connectivity index (χ2v) is 7.29. The van der Waals surface area contributed by atoms with Crippen molar-refractivity contribution in [3.05, 3.63) is 74.8 Å². The van der Waals surface area contributed by atoms with Gasteiger partial charge in [-0.1, -0.05) is 17.7 Å². The lowest BCUT2D eigenvalue weighted by atomic mass is 9.96. The molecule has 7 nitrogen and oxygen atoms in total. The summed E-state index contributed by atoms with van der Waals surface area (Å²) in [4.78, 5) is 42.7. The summed E-state index contributed by atoms with van der Waals surface area (Å²) in [6.45, 7) is 0.153. The molecule has 3 aromatic rings. The van der Waals surface area contributed by atoms with Crippen molar-refractivity contribution in [3.63, 3.8) is 0 Å². The summed E-state index contributed by atoms with van der Waals surface area (Å²) >= 11 is 6.15. The predicted octanol–water partition coefficient (Wildman–Crippen LogP) is 2.62. The highest BCUT2D eigenvalue weighted by Crippen LogP contribution is 2.48. The molecule has 0 unspecified atom stereocenters. The van der Waals surface area contributed by atoms with Gasteiger partial charge in [-0.05, 0) is 48.2 Å². The number of pyridine rings is 2. The van der Waals surface area contributed by atoms with Crippen LogP contribution in [0.5, 0.6) is 0 Å². The number of benzene rings is 1. The number of halogens is 1. The fourth-order valence-electron chi connectivity index (χ4n) is 3.42. The lowest BCUT2D eigenvalue weighted by molar-refractivity contribution is -0.123. The number of carboxylic acids is 1. The van der Waals surface area contributed by atoms with Crippen LogP contribution in [0.3, 0.4) is 0 Å². The summed E-state index contributed by atoms with van der Waals surface area (Å²) < 4.78 is 0. The highest BCUT2D eigenvalue weighted by atomic mass is 35.5. The van der Waals surface area contributed by atoms with E-state index in [1.165, 1.54) is 6.07 Å². The van der Waals surface area contributed by atoms with Gasteiger partial charge in [0, 0.05) is 29.3 Å². The van der Waals surface area contributed by atoms with Gasteiger partial charge >= 0.3 is 5.97 Å². The van der Waals surface area contributed by atoms with Gasteiger partial charge in [0.15, 0.2) is 0 Å². The minimum Gasteiger partial charge on any atom is -0.477 e. The molecule has 0 atom stereocenters. The number of aromatic nitrogens is 2. The van der Waals surface area contributed by atoms with Gasteiger partial charge in [0.2, 0.25) is 5.91 Å². The van der Waals surface area contributed by atoms with Gasteiger partial charge in [0.25, 0.3) is 5.56 Å². The third kappa shape index (κ3) is 3.14. The van der Waals surface area contributed by atoms with E-state index in [4.69, 9.17) is 16.7 Å². The molecule has 1 amide bonds. The Morgan fingerprint density at radius 2 is 2.07 bits per heavy atom. The van der Waals surface area contributed by atoms with Crippen LogP contribution in [0.15, 0.2) is 47.5 Å². The summed E-state index contributed by atoms with van der Waals surface area (Å²) in [6.07, 6.45) is 4.86. The van der Waals surface area contributed by atoms with Gasteiger partial charge in [0.1, 0.15) is 5.56 Å². The Labute approximate surface area is 164 Å². The number of aromatic carboxylic acids is 1. The average molecular weight is 398 g/mol. The molecular formula is C20H16ClN3O4. The van der Waals surface area contributed by atoms with E-state index >= 15 is 0 Å². The summed E-state index contributed by atoms with van der Waals surface area (Å²) in [5.41, 5.74) is 0.301. The number of rotatable bonds is 5. The van der Waals surface area contributed by atoms with Crippen LogP contribution in [0.25, 0.3) is 10.9 Å². The zero-order valence-corrected chi connectivity index (χ0v) is 15.4. The summed E-state index contributed by atoms with van der Waals surface area (Å²) in [5.74, 6) is -1.43. The number of aromatic amines is 1. The monoisotopic (exact) mass is 397 g/mol. The third-order valence-electron chi connectivity index (χ3n) is 5.07. The fourth-order valence-corrected chi connectivity index (χ4v) is 3.66. The lowest BCUT2D eigenvalue weighted by Crippen LogP contribution is -2.34. The first-order valence-corrected chi connectivity index (χ1v) is 9.06. The third-order valence-corrected chi connectivity index (χ3v) is 5.29. The SMILES string of the molecule is O=C(O)c1cc2cc(Cl)cc(CNC(=O)C3(c4cccnc4)CC3)c2[nH]c1=O. The highest BCUT2D eigenvalue weighted by molar-refractivity contribution is 6.31. The van der Waals surface area contributed by atoms with Gasteiger partial charge in [0.05, 0.1) is 10.9 Å². The number of hydrogen-bond acceptors (Lipinski definition) is 4. The van der Waals surface area contributed by atoms with Gasteiger partial charge < -0.3 is 15.4 Å². The molecule has 1 aliphatic carbocycles. The smallest absolute Gasteiger partial charge is 0.341 e. The van der Waals surface area contributed by atoms with Gasteiger partial charge in [-0.25, -0.2) is 4.79 Å². The molecule has 0 radical (unpaired) electrons. The van der Waals surface area contributed by atoms with E-state index < -0.39 is 16.9 Å². The number of nitrogens with one attached hydrogen (secondary N) is 2. The van der Waals surface area contributed by atoms with Crippen molar-refractivity contribution >= 4 is 34.4 Å². The highest BCUT2D eigenvalue weighted by Gasteiger charge is 2.51. The van der Waals surface area contributed by atoms with Crippen LogP contribution in [0.2, 0.25) is 5.02 Å². The van der Waals surface area contributed by atoms with Crippen molar-refractivity contribution in [2.75, 3.05) is 0 Å². The molecule has 0 saturated heterocycles. The molecule has 2 aromatic heterocycles. The number of amides is 1. The van der Waals surface area contributed by atoms with Crippen LogP contribution in [-0.4, -0.2) is 27.0 Å². The molecule has 1 aromatic carbocycles. The maximum Gasteiger partial charge on any atom is 0.341 e. The molecule has 8 heteroatoms. The minimum atomic E-state index is -1.31. The summed E-state index contributed by atoms with van der Waals surface area (Å²) in [6, 6.07) is 8.19. The fraction of sp³-hybridized carbons (Fsp3) is 0.200. The minimum absolute atomic E-state index is 0.113. The van der Waals surface area contributed by atoms with E-state index in [-0.39, 0.29) is 18.0 Å². The Morgan fingerprint density at radius 3 is 2.71 bits per heavy atom. The molecule has 1 saturated carbocycles. The van der Waals surface area contributed by atoms with Crippen LogP contribution in [-0.2, 0) is 16.8 Å². The van der Waals surface area contributed by atoms with Crippen molar-refractivity contribution in [2.24, 2.45) is 0 Å². The molecule has 4 rings (SSSR count). The molecule has 0 spiro atoms. The van der Waals surface area contributed by atoms with Crippen molar-refractivity contribution < 1.29 is 14.7 Å². The summed E-state index contributed by atoms with van der Waals surface area (Å²) in [7, 11) is 0. The molecule has 1 fully saturated rings. The Morgan fingerprint density at radius 1 is 1.29 bits per heavy atom. The Kier molecular flexibility index (Phi) is 4.39. The number of hydrogen-bond donors (Lipinski definition) is 3. The van der Waals surface area contributed by atoms with Crippen LogP contribution in [0, 0.1) is 0 Å². The second-order valence-electron chi connectivity index (χ2n) is 6.85. The quantitative estimate of drug-likeness (QED) is 0.612. The first-order chi connectivity index (χ1) is 13.4. The van der Waals surface area contributed by atoms with E-state index in [9.17, 15) is 14.4 Å². The maximum absolute atomic E-state index is 12.8. The largest absolute Gasteiger partial charge is 0.477 e. The van der Waals surface area contributed by atoms with Gasteiger partial charge in [-0.15, -0.1) is 0 Å². The van der Waals surface area contributed by atoms with Crippen LogP contribution < -0.4 is 10.9 Å². The van der Waals surface area contributed by atoms with Crippen molar-refractivity contribution in [3.8, 4) is 0 Å². The predicted molar refractivity (Wildman–Crippen MR) is 104 cm³/mol. The first kappa shape index (κ1) is 18.2. The number of carbonyl (C=O) groups excluding carboxylic acids is 1. The van der Waals surface area contributed by atoms with E-state index in [0.717, 1.165) is 18.4 Å². The molecule has 142 valence electrons.